The zero-order valence-corrected chi connectivity index (χ0v) is 19.1. The molecule has 5 rings (SSSR count). The minimum Gasteiger partial charge on any atom is -0.480 e. The Hall–Kier alpha value is -1.15. The number of rotatable bonds is 4. The van der Waals surface area contributed by atoms with Crippen molar-refractivity contribution in [2.24, 2.45) is 11.3 Å². The molecule has 7 heteroatoms. The fraction of sp³-hybridized carbons (Fsp3) is 0.875. The van der Waals surface area contributed by atoms with Crippen molar-refractivity contribution < 1.29 is 33.2 Å². The van der Waals surface area contributed by atoms with Crippen molar-refractivity contribution in [1.82, 2.24) is 0 Å². The number of fused-ring (bicyclic) bond motifs is 2. The smallest absolute Gasteiger partial charge is 0.350 e. The van der Waals surface area contributed by atoms with Gasteiger partial charge in [0.2, 0.25) is 5.60 Å². The molecular weight excluding hydrogens is 400 g/mol. The van der Waals surface area contributed by atoms with Gasteiger partial charge in [0.25, 0.3) is 0 Å². The Balaban J connectivity index is 1.36. The van der Waals surface area contributed by atoms with Crippen molar-refractivity contribution in [2.45, 2.75) is 88.8 Å². The van der Waals surface area contributed by atoms with Crippen molar-refractivity contribution in [3.05, 3.63) is 11.3 Å². The van der Waals surface area contributed by atoms with E-state index < -0.39 is 11.4 Å². The van der Waals surface area contributed by atoms with Crippen LogP contribution in [0, 0.1) is 11.3 Å². The van der Waals surface area contributed by atoms with Crippen LogP contribution in [-0.2, 0) is 33.2 Å². The molecule has 1 unspecified atom stereocenters. The number of hydrogen-bond acceptors (Lipinski definition) is 7. The SMILES string of the molecule is COC(=O)C1(CCC2(C)OCCO2)CCC2=C(CC[C@H]3CC4(CC[C@]23C)OCCO4)O1. The lowest BCUT2D eigenvalue weighted by Crippen LogP contribution is -2.51. The van der Waals surface area contributed by atoms with Crippen molar-refractivity contribution in [2.75, 3.05) is 33.5 Å². The molecule has 0 aromatic heterocycles. The average Bonchev–Trinajstić information content (AvgIpc) is 3.42. The predicted molar refractivity (Wildman–Crippen MR) is 111 cm³/mol. The van der Waals surface area contributed by atoms with E-state index in [1.807, 2.05) is 6.92 Å². The molecule has 3 aliphatic heterocycles. The Morgan fingerprint density at radius 1 is 0.968 bits per heavy atom. The van der Waals surface area contributed by atoms with Crippen LogP contribution in [0.5, 0.6) is 0 Å². The van der Waals surface area contributed by atoms with E-state index in [0.29, 0.717) is 51.6 Å². The van der Waals surface area contributed by atoms with Crippen molar-refractivity contribution in [1.29, 1.82) is 0 Å². The van der Waals surface area contributed by atoms with Gasteiger partial charge in [-0.25, -0.2) is 4.79 Å². The van der Waals surface area contributed by atoms with E-state index in [1.165, 1.54) is 12.7 Å². The molecule has 0 bridgehead atoms. The van der Waals surface area contributed by atoms with E-state index in [-0.39, 0.29) is 17.2 Å². The lowest BCUT2D eigenvalue weighted by Gasteiger charge is -2.54. The van der Waals surface area contributed by atoms with Gasteiger partial charge in [0.05, 0.1) is 39.3 Å². The van der Waals surface area contributed by atoms with Gasteiger partial charge < -0.3 is 28.4 Å². The highest BCUT2D eigenvalue weighted by atomic mass is 16.7. The zero-order chi connectivity index (χ0) is 21.7. The number of methoxy groups -OCH3 is 1. The van der Waals surface area contributed by atoms with Crippen LogP contribution < -0.4 is 0 Å². The Morgan fingerprint density at radius 2 is 1.68 bits per heavy atom. The molecule has 5 aliphatic rings. The average molecular weight is 437 g/mol. The number of carbonyl (C=O) groups is 1. The van der Waals surface area contributed by atoms with Crippen LogP contribution in [0.15, 0.2) is 11.3 Å². The van der Waals surface area contributed by atoms with E-state index in [4.69, 9.17) is 28.4 Å². The third kappa shape index (κ3) is 3.62. The van der Waals surface area contributed by atoms with Crippen molar-refractivity contribution >= 4 is 5.97 Å². The van der Waals surface area contributed by atoms with Crippen LogP contribution in [0.3, 0.4) is 0 Å². The first-order valence-electron chi connectivity index (χ1n) is 11.9. The quantitative estimate of drug-likeness (QED) is 0.620. The summed E-state index contributed by atoms with van der Waals surface area (Å²) in [6, 6.07) is 0. The van der Waals surface area contributed by atoms with Gasteiger partial charge in [0.1, 0.15) is 0 Å². The van der Waals surface area contributed by atoms with E-state index in [2.05, 4.69) is 6.92 Å². The molecule has 0 radical (unpaired) electrons. The number of esters is 1. The zero-order valence-electron chi connectivity index (χ0n) is 19.1. The molecule has 3 heterocycles. The highest BCUT2D eigenvalue weighted by Crippen LogP contribution is 2.60. The highest BCUT2D eigenvalue weighted by molar-refractivity contribution is 5.80. The molecule has 3 atom stereocenters. The monoisotopic (exact) mass is 436 g/mol. The molecule has 0 aromatic rings. The van der Waals surface area contributed by atoms with Crippen molar-refractivity contribution in [3.63, 3.8) is 0 Å². The van der Waals surface area contributed by atoms with Gasteiger partial charge in [0.15, 0.2) is 11.6 Å². The fourth-order valence-electron chi connectivity index (χ4n) is 6.60. The summed E-state index contributed by atoms with van der Waals surface area (Å²) in [6.07, 6.45) is 7.42. The molecular formula is C24H36O7. The second-order valence-electron chi connectivity index (χ2n) is 10.3. The number of ether oxygens (including phenoxy) is 6. The van der Waals surface area contributed by atoms with Crippen LogP contribution in [0.4, 0.5) is 0 Å². The molecule has 2 saturated heterocycles. The van der Waals surface area contributed by atoms with Gasteiger partial charge in [-0.1, -0.05) is 6.92 Å². The summed E-state index contributed by atoms with van der Waals surface area (Å²) in [5.74, 6) is 0.221. The fourth-order valence-corrected chi connectivity index (χ4v) is 6.60. The third-order valence-electron chi connectivity index (χ3n) is 8.58. The van der Waals surface area contributed by atoms with Crippen LogP contribution in [-0.4, -0.2) is 56.7 Å². The minimum absolute atomic E-state index is 0.0834. The van der Waals surface area contributed by atoms with Crippen LogP contribution in [0.2, 0.25) is 0 Å². The molecule has 174 valence electrons. The van der Waals surface area contributed by atoms with Crippen LogP contribution >= 0.6 is 0 Å². The third-order valence-corrected chi connectivity index (χ3v) is 8.58. The first kappa shape index (κ1) is 21.7. The predicted octanol–water partition coefficient (Wildman–Crippen LogP) is 3.85. The van der Waals surface area contributed by atoms with Gasteiger partial charge in [-0.2, -0.15) is 0 Å². The minimum atomic E-state index is -0.956. The standard InChI is InChI=1S/C24H36O7/c1-21-8-11-24(29-14-15-30-24)16-17(21)4-5-19-18(21)6-7-23(31-19,20(25)26-3)10-9-22(2)27-12-13-28-22/h17H,4-16H2,1-3H3/t17-,21-,23?/m0/s1. The summed E-state index contributed by atoms with van der Waals surface area (Å²) in [4.78, 5) is 12.9. The first-order valence-corrected chi connectivity index (χ1v) is 11.9. The second-order valence-corrected chi connectivity index (χ2v) is 10.3. The van der Waals surface area contributed by atoms with E-state index in [1.54, 1.807) is 0 Å². The maximum Gasteiger partial charge on any atom is 0.350 e. The molecule has 0 aromatic carbocycles. The van der Waals surface area contributed by atoms with Gasteiger partial charge in [0, 0.05) is 38.5 Å². The summed E-state index contributed by atoms with van der Waals surface area (Å²) in [7, 11) is 1.45. The Morgan fingerprint density at radius 3 is 2.39 bits per heavy atom. The highest BCUT2D eigenvalue weighted by Gasteiger charge is 2.56. The maximum absolute atomic E-state index is 12.9. The van der Waals surface area contributed by atoms with Gasteiger partial charge >= 0.3 is 5.97 Å². The lowest BCUT2D eigenvalue weighted by molar-refractivity contribution is -0.207. The molecule has 31 heavy (non-hydrogen) atoms. The topological polar surface area (TPSA) is 72.5 Å². The van der Waals surface area contributed by atoms with Crippen LogP contribution in [0.25, 0.3) is 0 Å². The van der Waals surface area contributed by atoms with E-state index in [9.17, 15) is 4.79 Å². The summed E-state index contributed by atoms with van der Waals surface area (Å²) >= 11 is 0. The normalized spacial score (nSPS) is 38.5. The Labute approximate surface area is 184 Å². The van der Waals surface area contributed by atoms with E-state index >= 15 is 0 Å². The first-order chi connectivity index (χ1) is 14.8. The number of hydrogen-bond donors (Lipinski definition) is 0. The van der Waals surface area contributed by atoms with E-state index in [0.717, 1.165) is 44.3 Å². The summed E-state index contributed by atoms with van der Waals surface area (Å²) in [5.41, 5.74) is 0.527. The summed E-state index contributed by atoms with van der Waals surface area (Å²) < 4.78 is 35.4. The maximum atomic E-state index is 12.9. The molecule has 1 saturated carbocycles. The van der Waals surface area contributed by atoms with Gasteiger partial charge in [-0.05, 0) is 43.1 Å². The number of allylic oxidation sites excluding steroid dienone is 2. The molecule has 0 amide bonds. The molecule has 3 fully saturated rings. The van der Waals surface area contributed by atoms with Crippen molar-refractivity contribution in [3.8, 4) is 0 Å². The molecule has 1 spiro atoms. The second kappa shape index (κ2) is 7.72. The Bertz CT molecular complexity index is 749. The Kier molecular flexibility index (Phi) is 5.40. The lowest BCUT2D eigenvalue weighted by atomic mass is 9.56. The molecule has 0 N–H and O–H groups in total. The summed E-state index contributed by atoms with van der Waals surface area (Å²) in [6.45, 7) is 6.90. The largest absolute Gasteiger partial charge is 0.480 e. The summed E-state index contributed by atoms with van der Waals surface area (Å²) in [5, 5.41) is 0. The number of carbonyl (C=O) groups excluding carboxylic acids is 1. The van der Waals surface area contributed by atoms with Gasteiger partial charge in [-0.3, -0.25) is 0 Å². The molecule has 2 aliphatic carbocycles. The van der Waals surface area contributed by atoms with Gasteiger partial charge in [-0.15, -0.1) is 0 Å². The molecule has 7 nitrogen and oxygen atoms in total. The van der Waals surface area contributed by atoms with Crippen LogP contribution in [0.1, 0.15) is 71.6 Å².